The molecule has 3 aliphatic rings. The van der Waals surface area contributed by atoms with Gasteiger partial charge in [0.15, 0.2) is 0 Å². The van der Waals surface area contributed by atoms with Crippen molar-refractivity contribution in [2.75, 3.05) is 0 Å². The van der Waals surface area contributed by atoms with E-state index < -0.39 is 46.5 Å². The maximum Gasteiger partial charge on any atom is 0.326 e. The van der Waals surface area contributed by atoms with Crippen LogP contribution in [0.4, 0.5) is 0 Å². The van der Waals surface area contributed by atoms with Gasteiger partial charge in [-0.1, -0.05) is 60.7 Å². The monoisotopic (exact) mass is 348 g/mol. The van der Waals surface area contributed by atoms with Crippen molar-refractivity contribution in [1.82, 2.24) is 0 Å². The zero-order valence-electron chi connectivity index (χ0n) is 13.4. The highest BCUT2D eigenvalue weighted by atomic mass is 16.6. The van der Waals surface area contributed by atoms with Crippen molar-refractivity contribution in [3.8, 4) is 0 Å². The molecule has 0 radical (unpaired) electrons. The zero-order chi connectivity index (χ0) is 18.1. The lowest BCUT2D eigenvalue weighted by molar-refractivity contribution is -0.159. The Bertz CT molecular complexity index is 902. The second-order valence-electron chi connectivity index (χ2n) is 6.72. The van der Waals surface area contributed by atoms with E-state index in [1.165, 1.54) is 0 Å². The Morgan fingerprint density at radius 2 is 0.962 bits per heavy atom. The van der Waals surface area contributed by atoms with E-state index >= 15 is 0 Å². The summed E-state index contributed by atoms with van der Waals surface area (Å²) in [7, 11) is 0. The van der Waals surface area contributed by atoms with Crippen LogP contribution in [0.1, 0.15) is 11.1 Å². The van der Waals surface area contributed by atoms with Crippen molar-refractivity contribution in [2.24, 2.45) is 11.8 Å². The van der Waals surface area contributed by atoms with Gasteiger partial charge in [0.25, 0.3) is 0 Å². The molecule has 26 heavy (non-hydrogen) atoms. The third-order valence-corrected chi connectivity index (χ3v) is 5.89. The van der Waals surface area contributed by atoms with Crippen LogP contribution in [0.2, 0.25) is 0 Å². The number of ether oxygens (including phenoxy) is 2. The van der Waals surface area contributed by atoms with Crippen molar-refractivity contribution >= 4 is 23.9 Å². The number of fused-ring (bicyclic) bond motifs is 4. The Hall–Kier alpha value is -3.28. The highest BCUT2D eigenvalue weighted by Gasteiger charge is 2.91. The van der Waals surface area contributed by atoms with Crippen molar-refractivity contribution in [1.29, 1.82) is 0 Å². The molecule has 0 aromatic heterocycles. The average molecular weight is 348 g/mol. The van der Waals surface area contributed by atoms with Crippen LogP contribution in [0.5, 0.6) is 0 Å². The van der Waals surface area contributed by atoms with Gasteiger partial charge in [-0.3, -0.25) is 19.2 Å². The van der Waals surface area contributed by atoms with Crippen molar-refractivity contribution < 1.29 is 28.7 Å². The molecule has 6 nitrogen and oxygen atoms in total. The minimum atomic E-state index is -1.60. The van der Waals surface area contributed by atoms with E-state index in [0.29, 0.717) is 11.1 Å². The Morgan fingerprint density at radius 3 is 1.35 bits per heavy atom. The van der Waals surface area contributed by atoms with Crippen LogP contribution < -0.4 is 0 Å². The lowest BCUT2D eigenvalue weighted by Crippen LogP contribution is -2.73. The van der Waals surface area contributed by atoms with E-state index in [2.05, 4.69) is 0 Å². The second-order valence-corrected chi connectivity index (χ2v) is 6.72. The Kier molecular flexibility index (Phi) is 2.69. The molecule has 2 saturated heterocycles. The highest BCUT2D eigenvalue weighted by molar-refractivity contribution is 6.20. The number of cyclic esters (lactones) is 4. The Balaban J connectivity index is 1.90. The van der Waals surface area contributed by atoms with E-state index in [0.717, 1.165) is 0 Å². The zero-order valence-corrected chi connectivity index (χ0v) is 13.4. The first-order valence-electron chi connectivity index (χ1n) is 8.19. The molecule has 0 bridgehead atoms. The molecule has 6 heteroatoms. The van der Waals surface area contributed by atoms with Gasteiger partial charge in [-0.2, -0.15) is 0 Å². The molecule has 1 aliphatic carbocycles. The van der Waals surface area contributed by atoms with Crippen molar-refractivity contribution in [3.63, 3.8) is 0 Å². The molecule has 3 fully saturated rings. The summed E-state index contributed by atoms with van der Waals surface area (Å²) in [4.78, 5) is 50.8. The fourth-order valence-corrected chi connectivity index (χ4v) is 5.02. The standard InChI is InChI=1S/C20H12O6/c21-15-13-14(16(22)25-15)20(12-9-5-2-6-10-12)18(24)26-17(23)19(13,20)11-7-3-1-4-8-11/h1-10,13-14H. The fourth-order valence-electron chi connectivity index (χ4n) is 5.02. The van der Waals surface area contributed by atoms with E-state index in [-0.39, 0.29) is 0 Å². The summed E-state index contributed by atoms with van der Waals surface area (Å²) in [6.07, 6.45) is 0. The first kappa shape index (κ1) is 15.0. The summed E-state index contributed by atoms with van der Waals surface area (Å²) in [6, 6.07) is 17.1. The van der Waals surface area contributed by atoms with Crippen LogP contribution in [0.3, 0.4) is 0 Å². The predicted octanol–water partition coefficient (Wildman–Crippen LogP) is 1.28. The summed E-state index contributed by atoms with van der Waals surface area (Å²) in [5.41, 5.74) is -2.26. The van der Waals surface area contributed by atoms with Crippen molar-refractivity contribution in [2.45, 2.75) is 10.8 Å². The molecule has 0 spiro atoms. The average Bonchev–Trinajstić information content (AvgIpc) is 2.98. The van der Waals surface area contributed by atoms with E-state index in [1.54, 1.807) is 60.7 Å². The number of hydrogen-bond donors (Lipinski definition) is 0. The van der Waals surface area contributed by atoms with Crippen LogP contribution in [-0.2, 0) is 39.5 Å². The van der Waals surface area contributed by atoms with Crippen LogP contribution >= 0.6 is 0 Å². The fraction of sp³-hybridized carbons (Fsp3) is 0.200. The molecule has 2 aromatic rings. The molecule has 128 valence electrons. The van der Waals surface area contributed by atoms with Gasteiger partial charge in [0.2, 0.25) is 0 Å². The molecule has 4 unspecified atom stereocenters. The van der Waals surface area contributed by atoms with Crippen LogP contribution in [0.15, 0.2) is 60.7 Å². The van der Waals surface area contributed by atoms with Gasteiger partial charge in [-0.05, 0) is 11.1 Å². The molecule has 4 atom stereocenters. The molecule has 0 N–H and O–H groups in total. The molecule has 2 aromatic carbocycles. The van der Waals surface area contributed by atoms with Gasteiger partial charge in [-0.15, -0.1) is 0 Å². The van der Waals surface area contributed by atoms with Crippen LogP contribution in [0.25, 0.3) is 0 Å². The molecule has 1 saturated carbocycles. The summed E-state index contributed by atoms with van der Waals surface area (Å²) in [6.45, 7) is 0. The maximum absolute atomic E-state index is 13.0. The Morgan fingerprint density at radius 1 is 0.577 bits per heavy atom. The summed E-state index contributed by atoms with van der Waals surface area (Å²) in [5.74, 6) is -5.35. The van der Waals surface area contributed by atoms with Gasteiger partial charge in [0, 0.05) is 0 Å². The molecule has 2 heterocycles. The third kappa shape index (κ3) is 1.33. The number of benzene rings is 2. The first-order chi connectivity index (χ1) is 12.6. The highest BCUT2D eigenvalue weighted by Crippen LogP contribution is 2.72. The minimum Gasteiger partial charge on any atom is -0.393 e. The lowest BCUT2D eigenvalue weighted by atomic mass is 9.36. The quantitative estimate of drug-likeness (QED) is 0.600. The van der Waals surface area contributed by atoms with Crippen LogP contribution in [0, 0.1) is 11.8 Å². The minimum absolute atomic E-state index is 0.465. The molecule has 0 amide bonds. The topological polar surface area (TPSA) is 86.7 Å². The van der Waals surface area contributed by atoms with E-state index in [1.807, 2.05) is 0 Å². The molecular formula is C20H12O6. The summed E-state index contributed by atoms with van der Waals surface area (Å²) in [5, 5.41) is 0. The number of esters is 4. The third-order valence-electron chi connectivity index (χ3n) is 5.89. The van der Waals surface area contributed by atoms with Gasteiger partial charge in [0.05, 0.1) is 11.8 Å². The Labute approximate surface area is 147 Å². The number of rotatable bonds is 2. The summed E-state index contributed by atoms with van der Waals surface area (Å²) < 4.78 is 9.90. The van der Waals surface area contributed by atoms with E-state index in [4.69, 9.17) is 9.47 Å². The van der Waals surface area contributed by atoms with Gasteiger partial charge >= 0.3 is 23.9 Å². The van der Waals surface area contributed by atoms with Gasteiger partial charge in [0.1, 0.15) is 10.8 Å². The van der Waals surface area contributed by atoms with Crippen LogP contribution in [-0.4, -0.2) is 23.9 Å². The number of hydrogen-bond acceptors (Lipinski definition) is 6. The largest absolute Gasteiger partial charge is 0.393 e. The smallest absolute Gasteiger partial charge is 0.326 e. The molecular weight excluding hydrogens is 336 g/mol. The molecule has 2 aliphatic heterocycles. The van der Waals surface area contributed by atoms with E-state index in [9.17, 15) is 19.2 Å². The van der Waals surface area contributed by atoms with Gasteiger partial charge in [-0.25, -0.2) is 0 Å². The van der Waals surface area contributed by atoms with Crippen molar-refractivity contribution in [3.05, 3.63) is 71.8 Å². The normalized spacial score (nSPS) is 34.6. The SMILES string of the molecule is O=C1OC(=O)C2C1C1(c3ccccc3)C(=O)OC(=O)C21c1ccccc1. The number of carbonyl (C=O) groups excluding carboxylic acids is 4. The predicted molar refractivity (Wildman–Crippen MR) is 85.4 cm³/mol. The first-order valence-corrected chi connectivity index (χ1v) is 8.19. The maximum atomic E-state index is 13.0. The van der Waals surface area contributed by atoms with Gasteiger partial charge < -0.3 is 9.47 Å². The molecule has 5 rings (SSSR count). The lowest BCUT2D eigenvalue weighted by Gasteiger charge is -2.55. The number of carbonyl (C=O) groups is 4. The summed E-state index contributed by atoms with van der Waals surface area (Å²) >= 11 is 0. The second kappa shape index (κ2) is 4.66.